The van der Waals surface area contributed by atoms with Crippen LogP contribution in [0.25, 0.3) is 22.3 Å². The highest BCUT2D eigenvalue weighted by Gasteiger charge is 2.17. The summed E-state index contributed by atoms with van der Waals surface area (Å²) in [4.78, 5) is 22.1. The van der Waals surface area contributed by atoms with Gasteiger partial charge in [-0.15, -0.1) is 0 Å². The number of benzene rings is 1. The number of hydrogen-bond donors (Lipinski definition) is 1. The molecular weight excluding hydrogens is 338 g/mol. The Bertz CT molecular complexity index is 1120. The van der Waals surface area contributed by atoms with Crippen molar-refractivity contribution in [2.24, 2.45) is 0 Å². The summed E-state index contributed by atoms with van der Waals surface area (Å²) in [6, 6.07) is 17.2. The molecule has 0 spiro atoms. The topological polar surface area (TPSA) is 72.7 Å². The Kier molecular flexibility index (Phi) is 4.38. The number of pyridine rings is 2. The van der Waals surface area contributed by atoms with Crippen molar-refractivity contribution in [1.29, 1.82) is 0 Å². The quantitative estimate of drug-likeness (QED) is 0.597. The van der Waals surface area contributed by atoms with E-state index in [-0.39, 0.29) is 5.91 Å². The first-order chi connectivity index (χ1) is 13.2. The summed E-state index contributed by atoms with van der Waals surface area (Å²) in [6.45, 7) is 4.56. The molecule has 0 unspecified atom stereocenters. The molecule has 4 aromatic rings. The minimum absolute atomic E-state index is 0.228. The maximum absolute atomic E-state index is 13.0. The molecule has 1 aromatic carbocycles. The zero-order chi connectivity index (χ0) is 18.8. The molecule has 6 heteroatoms. The number of anilines is 1. The van der Waals surface area contributed by atoms with Crippen LogP contribution < -0.4 is 5.32 Å². The van der Waals surface area contributed by atoms with Gasteiger partial charge in [-0.25, -0.2) is 14.6 Å². The van der Waals surface area contributed by atoms with Gasteiger partial charge in [-0.1, -0.05) is 36.4 Å². The second-order valence-electron chi connectivity index (χ2n) is 6.24. The average molecular weight is 357 g/mol. The fraction of sp³-hybridized carbons (Fsp3) is 0.143. The molecule has 0 aliphatic rings. The lowest BCUT2D eigenvalue weighted by molar-refractivity contribution is 0.102. The van der Waals surface area contributed by atoms with Crippen LogP contribution in [-0.4, -0.2) is 25.7 Å². The van der Waals surface area contributed by atoms with E-state index in [0.717, 1.165) is 22.3 Å². The second-order valence-corrected chi connectivity index (χ2v) is 6.24. The molecular formula is C21H19N5O. The second kappa shape index (κ2) is 6.99. The van der Waals surface area contributed by atoms with Gasteiger partial charge < -0.3 is 5.32 Å². The molecule has 4 rings (SSSR count). The summed E-state index contributed by atoms with van der Waals surface area (Å²) in [5, 5.41) is 7.98. The van der Waals surface area contributed by atoms with Crippen molar-refractivity contribution in [3.8, 4) is 11.3 Å². The van der Waals surface area contributed by atoms with Crippen LogP contribution in [0, 0.1) is 6.92 Å². The monoisotopic (exact) mass is 357 g/mol. The lowest BCUT2D eigenvalue weighted by Crippen LogP contribution is -2.14. The van der Waals surface area contributed by atoms with Crippen LogP contribution in [0.3, 0.4) is 0 Å². The summed E-state index contributed by atoms with van der Waals surface area (Å²) in [5.41, 5.74) is 3.76. The van der Waals surface area contributed by atoms with Crippen LogP contribution in [0.1, 0.15) is 23.0 Å². The fourth-order valence-electron chi connectivity index (χ4n) is 3.02. The maximum Gasteiger partial charge on any atom is 0.257 e. The van der Waals surface area contributed by atoms with Gasteiger partial charge in [-0.05, 0) is 32.0 Å². The largest absolute Gasteiger partial charge is 0.307 e. The van der Waals surface area contributed by atoms with Crippen molar-refractivity contribution in [2.75, 3.05) is 5.32 Å². The Hall–Kier alpha value is -3.54. The van der Waals surface area contributed by atoms with Gasteiger partial charge in [-0.2, -0.15) is 5.10 Å². The molecule has 0 radical (unpaired) electrons. The average Bonchev–Trinajstić information content (AvgIpc) is 3.11. The molecule has 3 heterocycles. The number of aryl methyl sites for hydroxylation is 2. The minimum atomic E-state index is -0.228. The predicted molar refractivity (Wildman–Crippen MR) is 106 cm³/mol. The van der Waals surface area contributed by atoms with Crippen LogP contribution in [0.15, 0.2) is 60.8 Å². The standard InChI is InChI=1S/C21H19N5O/c1-3-26-20-17(13-22-26)16(12-18(24-20)15-9-5-4-6-10-15)21(27)25-19-11-7-8-14(2)23-19/h4-13H,3H2,1-2H3,(H,23,25,27). The molecule has 1 N–H and O–H groups in total. The van der Waals surface area contributed by atoms with Gasteiger partial charge in [0.1, 0.15) is 5.82 Å². The lowest BCUT2D eigenvalue weighted by atomic mass is 10.1. The summed E-state index contributed by atoms with van der Waals surface area (Å²) < 4.78 is 1.80. The Morgan fingerprint density at radius 1 is 1.07 bits per heavy atom. The fourth-order valence-corrected chi connectivity index (χ4v) is 3.02. The number of carbonyl (C=O) groups is 1. The Labute approximate surface area is 156 Å². The van der Waals surface area contributed by atoms with Crippen molar-refractivity contribution < 1.29 is 4.79 Å². The Morgan fingerprint density at radius 2 is 1.89 bits per heavy atom. The van der Waals surface area contributed by atoms with E-state index in [2.05, 4.69) is 15.4 Å². The van der Waals surface area contributed by atoms with Crippen LogP contribution in [0.4, 0.5) is 5.82 Å². The van der Waals surface area contributed by atoms with Crippen LogP contribution in [0.2, 0.25) is 0 Å². The Morgan fingerprint density at radius 3 is 2.63 bits per heavy atom. The molecule has 0 aliphatic carbocycles. The molecule has 6 nitrogen and oxygen atoms in total. The molecule has 3 aromatic heterocycles. The van der Waals surface area contributed by atoms with Crippen molar-refractivity contribution in [1.82, 2.24) is 19.7 Å². The van der Waals surface area contributed by atoms with Gasteiger partial charge in [-0.3, -0.25) is 4.79 Å². The van der Waals surface area contributed by atoms with E-state index < -0.39 is 0 Å². The molecule has 0 fully saturated rings. The zero-order valence-corrected chi connectivity index (χ0v) is 15.2. The van der Waals surface area contributed by atoms with Gasteiger partial charge in [0.2, 0.25) is 0 Å². The lowest BCUT2D eigenvalue weighted by Gasteiger charge is -2.09. The zero-order valence-electron chi connectivity index (χ0n) is 15.2. The normalized spacial score (nSPS) is 10.9. The smallest absolute Gasteiger partial charge is 0.257 e. The number of amides is 1. The van der Waals surface area contributed by atoms with Gasteiger partial charge in [0.05, 0.1) is 22.8 Å². The summed E-state index contributed by atoms with van der Waals surface area (Å²) in [7, 11) is 0. The molecule has 0 saturated heterocycles. The first kappa shape index (κ1) is 16.9. The van der Waals surface area contributed by atoms with Crippen molar-refractivity contribution >= 4 is 22.8 Å². The van der Waals surface area contributed by atoms with Crippen LogP contribution >= 0.6 is 0 Å². The maximum atomic E-state index is 13.0. The predicted octanol–water partition coefficient (Wildman–Crippen LogP) is 4.07. The number of nitrogens with one attached hydrogen (secondary N) is 1. The first-order valence-electron chi connectivity index (χ1n) is 8.82. The third-order valence-corrected chi connectivity index (χ3v) is 4.35. The molecule has 1 amide bonds. The van der Waals surface area contributed by atoms with Gasteiger partial charge in [0.25, 0.3) is 5.91 Å². The van der Waals surface area contributed by atoms with E-state index in [0.29, 0.717) is 23.6 Å². The van der Waals surface area contributed by atoms with E-state index in [1.165, 1.54) is 0 Å². The summed E-state index contributed by atoms with van der Waals surface area (Å²) in [6.07, 6.45) is 1.69. The van der Waals surface area contributed by atoms with Gasteiger partial charge >= 0.3 is 0 Å². The minimum Gasteiger partial charge on any atom is -0.307 e. The molecule has 0 aliphatic heterocycles. The highest BCUT2D eigenvalue weighted by molar-refractivity contribution is 6.12. The summed E-state index contributed by atoms with van der Waals surface area (Å²) >= 11 is 0. The molecule has 27 heavy (non-hydrogen) atoms. The molecule has 0 bridgehead atoms. The van der Waals surface area contributed by atoms with Gasteiger partial charge in [0, 0.05) is 17.8 Å². The number of aromatic nitrogens is 4. The molecule has 0 saturated carbocycles. The van der Waals surface area contributed by atoms with Crippen molar-refractivity contribution in [2.45, 2.75) is 20.4 Å². The van der Waals surface area contributed by atoms with E-state index in [9.17, 15) is 4.79 Å². The highest BCUT2D eigenvalue weighted by Crippen LogP contribution is 2.25. The molecule has 0 atom stereocenters. The van der Waals surface area contributed by atoms with Gasteiger partial charge in [0.15, 0.2) is 5.65 Å². The van der Waals surface area contributed by atoms with Crippen LogP contribution in [-0.2, 0) is 6.54 Å². The SMILES string of the molecule is CCn1ncc2c(C(=O)Nc3cccc(C)n3)cc(-c3ccccc3)nc21. The van der Waals surface area contributed by atoms with Crippen LogP contribution in [0.5, 0.6) is 0 Å². The first-order valence-corrected chi connectivity index (χ1v) is 8.82. The van der Waals surface area contributed by atoms with Crippen molar-refractivity contribution in [3.63, 3.8) is 0 Å². The number of fused-ring (bicyclic) bond motifs is 1. The Balaban J connectivity index is 1.83. The van der Waals surface area contributed by atoms with E-state index in [1.807, 2.05) is 62.4 Å². The number of nitrogens with zero attached hydrogens (tertiary/aromatic N) is 4. The summed E-state index contributed by atoms with van der Waals surface area (Å²) in [5.74, 6) is 0.294. The number of hydrogen-bond acceptors (Lipinski definition) is 4. The number of carbonyl (C=O) groups excluding carboxylic acids is 1. The highest BCUT2D eigenvalue weighted by atomic mass is 16.1. The third kappa shape index (κ3) is 3.29. The van der Waals surface area contributed by atoms with Crippen molar-refractivity contribution in [3.05, 3.63) is 72.1 Å². The number of rotatable bonds is 4. The van der Waals surface area contributed by atoms with E-state index in [1.54, 1.807) is 16.9 Å². The van der Waals surface area contributed by atoms with E-state index >= 15 is 0 Å². The molecule has 134 valence electrons. The third-order valence-electron chi connectivity index (χ3n) is 4.35. The van der Waals surface area contributed by atoms with E-state index in [4.69, 9.17) is 4.98 Å².